The van der Waals surface area contributed by atoms with E-state index in [9.17, 15) is 8.42 Å². The Morgan fingerprint density at radius 2 is 1.81 bits per heavy atom. The fourth-order valence-corrected chi connectivity index (χ4v) is 3.35. The van der Waals surface area contributed by atoms with E-state index in [2.05, 4.69) is 35.7 Å². The molecule has 0 saturated carbocycles. The summed E-state index contributed by atoms with van der Waals surface area (Å²) in [5, 5.41) is 6.48. The van der Waals surface area contributed by atoms with Crippen LogP contribution in [0, 0.1) is 13.8 Å². The molecule has 21 heavy (non-hydrogen) atoms. The summed E-state index contributed by atoms with van der Waals surface area (Å²) in [7, 11) is -3.64. The number of nitrogens with zero attached hydrogens (tertiary/aromatic N) is 1. The highest BCUT2D eigenvalue weighted by molar-refractivity contribution is 7.92. The number of nitrogens with one attached hydrogen (secondary N) is 2. The van der Waals surface area contributed by atoms with E-state index in [0.29, 0.717) is 16.3 Å². The van der Waals surface area contributed by atoms with Gasteiger partial charge in [-0.05, 0) is 36.5 Å². The summed E-state index contributed by atoms with van der Waals surface area (Å²) < 4.78 is 27.7. The number of rotatable bonds is 3. The number of anilines is 1. The van der Waals surface area contributed by atoms with Crippen molar-refractivity contribution in [1.82, 2.24) is 10.2 Å². The van der Waals surface area contributed by atoms with E-state index in [0.717, 1.165) is 11.1 Å². The molecule has 5 nitrogen and oxygen atoms in total. The van der Waals surface area contributed by atoms with Crippen LogP contribution >= 0.6 is 0 Å². The maximum absolute atomic E-state index is 12.6. The molecule has 1 aromatic carbocycles. The molecule has 1 heterocycles. The van der Waals surface area contributed by atoms with Gasteiger partial charge in [0.25, 0.3) is 10.0 Å². The van der Waals surface area contributed by atoms with E-state index >= 15 is 0 Å². The standard InChI is InChI=1S/C15H21N3O2S/c1-10-6-7-12(15(3,4)5)8-13(10)21(19,20)18-14-11(2)9-16-17-14/h6-9H,1-5H3,(H2,16,17,18). The normalized spacial score (nSPS) is 12.4. The minimum atomic E-state index is -3.64. The van der Waals surface area contributed by atoms with Crippen molar-refractivity contribution in [3.05, 3.63) is 41.1 Å². The lowest BCUT2D eigenvalue weighted by Crippen LogP contribution is -2.18. The van der Waals surface area contributed by atoms with Gasteiger partial charge < -0.3 is 0 Å². The smallest absolute Gasteiger partial charge is 0.263 e. The zero-order chi connectivity index (χ0) is 15.8. The Morgan fingerprint density at radius 1 is 1.14 bits per heavy atom. The second kappa shape index (κ2) is 5.18. The molecule has 0 spiro atoms. The highest BCUT2D eigenvalue weighted by Crippen LogP contribution is 2.27. The van der Waals surface area contributed by atoms with Crippen molar-refractivity contribution in [3.8, 4) is 0 Å². The SMILES string of the molecule is Cc1ccc(C(C)(C)C)cc1S(=O)(=O)Nc1[nH]ncc1C. The molecule has 0 aliphatic heterocycles. The minimum absolute atomic E-state index is 0.109. The Morgan fingerprint density at radius 3 is 2.33 bits per heavy atom. The molecule has 0 amide bonds. The van der Waals surface area contributed by atoms with Gasteiger partial charge in [0, 0.05) is 5.56 Å². The first kappa shape index (κ1) is 15.6. The third kappa shape index (κ3) is 3.26. The number of aryl methyl sites for hydroxylation is 2. The molecule has 2 N–H and O–H groups in total. The summed E-state index contributed by atoms with van der Waals surface area (Å²) in [5.74, 6) is 0.399. The van der Waals surface area contributed by atoms with Crippen molar-refractivity contribution in [1.29, 1.82) is 0 Å². The van der Waals surface area contributed by atoms with Gasteiger partial charge in [0.15, 0.2) is 0 Å². The molecule has 0 bridgehead atoms. The molecule has 0 unspecified atom stereocenters. The Labute approximate surface area is 125 Å². The zero-order valence-electron chi connectivity index (χ0n) is 13.0. The van der Waals surface area contributed by atoms with Gasteiger partial charge in [-0.25, -0.2) is 8.42 Å². The van der Waals surface area contributed by atoms with Gasteiger partial charge in [0.05, 0.1) is 11.1 Å². The van der Waals surface area contributed by atoms with Crippen molar-refractivity contribution >= 4 is 15.8 Å². The molecule has 6 heteroatoms. The van der Waals surface area contributed by atoms with Crippen molar-refractivity contribution in [2.75, 3.05) is 4.72 Å². The first-order valence-corrected chi connectivity index (χ1v) is 8.23. The summed E-state index contributed by atoms with van der Waals surface area (Å²) in [6, 6.07) is 5.55. The molecule has 2 aromatic rings. The number of hydrogen-bond donors (Lipinski definition) is 2. The average molecular weight is 307 g/mol. The predicted molar refractivity (Wildman–Crippen MR) is 84.0 cm³/mol. The summed E-state index contributed by atoms with van der Waals surface area (Å²) in [5.41, 5.74) is 2.34. The lowest BCUT2D eigenvalue weighted by molar-refractivity contribution is 0.584. The molecular weight excluding hydrogens is 286 g/mol. The van der Waals surface area contributed by atoms with Gasteiger partial charge >= 0.3 is 0 Å². The average Bonchev–Trinajstić information content (AvgIpc) is 2.73. The Bertz CT molecular complexity index is 755. The van der Waals surface area contributed by atoms with Gasteiger partial charge in [-0.3, -0.25) is 9.82 Å². The highest BCUT2D eigenvalue weighted by atomic mass is 32.2. The Balaban J connectivity index is 2.47. The maximum atomic E-state index is 12.6. The van der Waals surface area contributed by atoms with Crippen LogP contribution in [0.25, 0.3) is 0 Å². The van der Waals surface area contributed by atoms with Crippen LogP contribution in [0.3, 0.4) is 0 Å². The monoisotopic (exact) mass is 307 g/mol. The molecule has 0 atom stereocenters. The number of aromatic amines is 1. The molecule has 0 fully saturated rings. The van der Waals surface area contributed by atoms with E-state index < -0.39 is 10.0 Å². The van der Waals surface area contributed by atoms with Gasteiger partial charge in [0.2, 0.25) is 0 Å². The molecule has 0 radical (unpaired) electrons. The largest absolute Gasteiger partial charge is 0.264 e. The first-order chi connectivity index (χ1) is 9.61. The van der Waals surface area contributed by atoms with Crippen LogP contribution in [-0.2, 0) is 15.4 Å². The molecule has 0 aliphatic carbocycles. The van der Waals surface area contributed by atoms with Crippen LogP contribution in [0.2, 0.25) is 0 Å². The minimum Gasteiger partial charge on any atom is -0.264 e. The van der Waals surface area contributed by atoms with Crippen LogP contribution in [0.1, 0.15) is 37.5 Å². The molecule has 2 rings (SSSR count). The van der Waals surface area contributed by atoms with E-state index in [1.807, 2.05) is 12.1 Å². The molecule has 0 saturated heterocycles. The maximum Gasteiger partial charge on any atom is 0.263 e. The van der Waals surface area contributed by atoms with Crippen LogP contribution in [0.15, 0.2) is 29.3 Å². The van der Waals surface area contributed by atoms with E-state index in [4.69, 9.17) is 0 Å². The second-order valence-corrected chi connectivity index (χ2v) is 7.91. The number of benzene rings is 1. The number of H-pyrrole nitrogens is 1. The first-order valence-electron chi connectivity index (χ1n) is 6.75. The Kier molecular flexibility index (Phi) is 3.84. The van der Waals surface area contributed by atoms with Crippen molar-refractivity contribution in [2.45, 2.75) is 44.9 Å². The molecular formula is C15H21N3O2S. The van der Waals surface area contributed by atoms with E-state index in [1.54, 1.807) is 26.1 Å². The number of aromatic nitrogens is 2. The van der Waals surface area contributed by atoms with Crippen LogP contribution in [0.5, 0.6) is 0 Å². The van der Waals surface area contributed by atoms with Gasteiger partial charge in [-0.1, -0.05) is 32.9 Å². The highest BCUT2D eigenvalue weighted by Gasteiger charge is 2.22. The van der Waals surface area contributed by atoms with Gasteiger partial charge in [-0.15, -0.1) is 0 Å². The summed E-state index contributed by atoms with van der Waals surface area (Å²) in [4.78, 5) is 0.295. The van der Waals surface area contributed by atoms with Crippen molar-refractivity contribution < 1.29 is 8.42 Å². The topological polar surface area (TPSA) is 74.8 Å². The van der Waals surface area contributed by atoms with E-state index in [-0.39, 0.29) is 5.41 Å². The quantitative estimate of drug-likeness (QED) is 0.915. The Hall–Kier alpha value is -1.82. The third-order valence-corrected chi connectivity index (χ3v) is 4.90. The van der Waals surface area contributed by atoms with Gasteiger partial charge in [-0.2, -0.15) is 5.10 Å². The fraction of sp³-hybridized carbons (Fsp3) is 0.400. The predicted octanol–water partition coefficient (Wildman–Crippen LogP) is 3.12. The van der Waals surface area contributed by atoms with Crippen LogP contribution in [0.4, 0.5) is 5.82 Å². The lowest BCUT2D eigenvalue weighted by atomic mass is 9.87. The van der Waals surface area contributed by atoms with Crippen molar-refractivity contribution in [2.24, 2.45) is 0 Å². The van der Waals surface area contributed by atoms with E-state index in [1.165, 1.54) is 0 Å². The molecule has 114 valence electrons. The van der Waals surface area contributed by atoms with Crippen LogP contribution in [-0.4, -0.2) is 18.6 Å². The number of sulfonamides is 1. The molecule has 0 aliphatic rings. The third-order valence-electron chi connectivity index (χ3n) is 3.41. The van der Waals surface area contributed by atoms with Crippen LogP contribution < -0.4 is 4.72 Å². The summed E-state index contributed by atoms with van der Waals surface area (Å²) in [6.07, 6.45) is 1.58. The fourth-order valence-electron chi connectivity index (χ4n) is 2.00. The zero-order valence-corrected chi connectivity index (χ0v) is 13.8. The number of hydrogen-bond acceptors (Lipinski definition) is 3. The summed E-state index contributed by atoms with van der Waals surface area (Å²) in [6.45, 7) is 9.75. The molecule has 1 aromatic heterocycles. The van der Waals surface area contributed by atoms with Gasteiger partial charge in [0.1, 0.15) is 5.82 Å². The lowest BCUT2D eigenvalue weighted by Gasteiger charge is -2.21. The summed E-state index contributed by atoms with van der Waals surface area (Å²) >= 11 is 0. The second-order valence-electron chi connectivity index (χ2n) is 6.26. The van der Waals surface area contributed by atoms with Crippen molar-refractivity contribution in [3.63, 3.8) is 0 Å².